The predicted octanol–water partition coefficient (Wildman–Crippen LogP) is 3.57. The van der Waals surface area contributed by atoms with Gasteiger partial charge >= 0.3 is 0 Å². The zero-order valence-corrected chi connectivity index (χ0v) is 14.2. The largest absolute Gasteiger partial charge is 0.318 e. The third kappa shape index (κ3) is 3.65. The summed E-state index contributed by atoms with van der Waals surface area (Å²) in [5, 5.41) is 2.39. The van der Waals surface area contributed by atoms with Gasteiger partial charge in [-0.25, -0.2) is 5.01 Å². The summed E-state index contributed by atoms with van der Waals surface area (Å²) in [6.07, 6.45) is 6.84. The van der Waals surface area contributed by atoms with Gasteiger partial charge in [-0.05, 0) is 73.5 Å². The van der Waals surface area contributed by atoms with Gasteiger partial charge < -0.3 is 10.3 Å². The standard InChI is InChI=1S/C16H24IN3/c17-15-6-2-3-7-16(15)18-20-12-8-14(9-13-20)19-10-4-1-5-11-19/h2-3,6-7,14,18H,1,4-5,8-13H2. The van der Waals surface area contributed by atoms with E-state index in [0.29, 0.717) is 0 Å². The van der Waals surface area contributed by atoms with E-state index in [1.165, 1.54) is 54.5 Å². The molecule has 3 rings (SSSR count). The Kier molecular flexibility index (Phi) is 5.18. The molecule has 2 fully saturated rings. The van der Waals surface area contributed by atoms with Crippen molar-refractivity contribution in [2.24, 2.45) is 0 Å². The van der Waals surface area contributed by atoms with Crippen molar-refractivity contribution in [3.8, 4) is 0 Å². The van der Waals surface area contributed by atoms with Crippen LogP contribution in [0.3, 0.4) is 0 Å². The van der Waals surface area contributed by atoms with Crippen LogP contribution >= 0.6 is 22.6 Å². The molecule has 1 aromatic rings. The van der Waals surface area contributed by atoms with Crippen molar-refractivity contribution in [1.29, 1.82) is 0 Å². The topological polar surface area (TPSA) is 18.5 Å². The fourth-order valence-electron chi connectivity index (χ4n) is 3.35. The van der Waals surface area contributed by atoms with E-state index in [2.05, 4.69) is 62.2 Å². The van der Waals surface area contributed by atoms with E-state index in [1.54, 1.807) is 0 Å². The van der Waals surface area contributed by atoms with E-state index in [-0.39, 0.29) is 0 Å². The van der Waals surface area contributed by atoms with Gasteiger partial charge in [0.2, 0.25) is 0 Å². The molecule has 0 amide bonds. The highest BCUT2D eigenvalue weighted by Gasteiger charge is 2.25. The lowest BCUT2D eigenvalue weighted by Crippen LogP contribution is -2.48. The van der Waals surface area contributed by atoms with E-state index in [0.717, 1.165) is 19.1 Å². The molecular formula is C16H24IN3. The van der Waals surface area contributed by atoms with E-state index in [4.69, 9.17) is 0 Å². The fraction of sp³-hybridized carbons (Fsp3) is 0.625. The number of likely N-dealkylation sites (tertiary alicyclic amines) is 1. The van der Waals surface area contributed by atoms with Crippen LogP contribution in [0.15, 0.2) is 24.3 Å². The molecule has 0 atom stereocenters. The van der Waals surface area contributed by atoms with Crippen LogP contribution in [0.4, 0.5) is 5.69 Å². The first-order valence-electron chi connectivity index (χ1n) is 7.83. The molecule has 2 saturated heterocycles. The lowest BCUT2D eigenvalue weighted by Gasteiger charge is -2.40. The smallest absolute Gasteiger partial charge is 0.0623 e. The van der Waals surface area contributed by atoms with E-state index >= 15 is 0 Å². The minimum Gasteiger partial charge on any atom is -0.318 e. The summed E-state index contributed by atoms with van der Waals surface area (Å²) in [5.74, 6) is 0. The fourth-order valence-corrected chi connectivity index (χ4v) is 3.86. The number of halogens is 1. The molecule has 2 heterocycles. The van der Waals surface area contributed by atoms with Crippen LogP contribution in [-0.4, -0.2) is 42.1 Å². The van der Waals surface area contributed by atoms with Crippen molar-refractivity contribution < 1.29 is 0 Å². The van der Waals surface area contributed by atoms with Gasteiger partial charge in [0.05, 0.1) is 5.69 Å². The van der Waals surface area contributed by atoms with E-state index in [9.17, 15) is 0 Å². The molecule has 0 aromatic heterocycles. The van der Waals surface area contributed by atoms with Gasteiger partial charge in [-0.3, -0.25) is 0 Å². The number of nitrogens with zero attached hydrogens (tertiary/aromatic N) is 2. The number of hydrazine groups is 1. The summed E-state index contributed by atoms with van der Waals surface area (Å²) in [6, 6.07) is 9.34. The first-order valence-corrected chi connectivity index (χ1v) is 8.91. The van der Waals surface area contributed by atoms with Gasteiger partial charge in [0.15, 0.2) is 0 Å². The van der Waals surface area contributed by atoms with E-state index < -0.39 is 0 Å². The number of piperidine rings is 2. The molecule has 0 radical (unpaired) electrons. The maximum absolute atomic E-state index is 3.58. The van der Waals surface area contributed by atoms with Gasteiger partial charge in [-0.2, -0.15) is 0 Å². The molecule has 4 heteroatoms. The van der Waals surface area contributed by atoms with Crippen LogP contribution in [0.5, 0.6) is 0 Å². The third-order valence-corrected chi connectivity index (χ3v) is 5.46. The Balaban J connectivity index is 1.50. The minimum absolute atomic E-state index is 0.822. The number of rotatable bonds is 3. The monoisotopic (exact) mass is 385 g/mol. The summed E-state index contributed by atoms with van der Waals surface area (Å²) >= 11 is 2.40. The number of anilines is 1. The molecular weight excluding hydrogens is 361 g/mol. The van der Waals surface area contributed by atoms with Crippen molar-refractivity contribution in [3.63, 3.8) is 0 Å². The molecule has 2 aliphatic rings. The van der Waals surface area contributed by atoms with Crippen LogP contribution < -0.4 is 5.43 Å². The zero-order chi connectivity index (χ0) is 13.8. The van der Waals surface area contributed by atoms with Crippen LogP contribution in [0.2, 0.25) is 0 Å². The number of nitrogens with one attached hydrogen (secondary N) is 1. The first-order chi connectivity index (χ1) is 9.83. The summed E-state index contributed by atoms with van der Waals surface area (Å²) in [6.45, 7) is 4.97. The zero-order valence-electron chi connectivity index (χ0n) is 12.0. The maximum Gasteiger partial charge on any atom is 0.0623 e. The Labute approximate surface area is 135 Å². The SMILES string of the molecule is Ic1ccccc1NN1CCC(N2CCCCC2)CC1. The first kappa shape index (κ1) is 14.6. The van der Waals surface area contributed by atoms with Gasteiger partial charge in [-0.15, -0.1) is 0 Å². The minimum atomic E-state index is 0.822. The van der Waals surface area contributed by atoms with Crippen molar-refractivity contribution >= 4 is 28.3 Å². The van der Waals surface area contributed by atoms with Gasteiger partial charge in [0.1, 0.15) is 0 Å². The summed E-state index contributed by atoms with van der Waals surface area (Å²) in [7, 11) is 0. The summed E-state index contributed by atoms with van der Waals surface area (Å²) in [4.78, 5) is 2.73. The van der Waals surface area contributed by atoms with Crippen LogP contribution in [0.1, 0.15) is 32.1 Å². The average Bonchev–Trinajstić information content (AvgIpc) is 2.51. The molecule has 1 aromatic carbocycles. The average molecular weight is 385 g/mol. The number of benzene rings is 1. The molecule has 0 saturated carbocycles. The normalized spacial score (nSPS) is 22.9. The molecule has 1 N–H and O–H groups in total. The summed E-state index contributed by atoms with van der Waals surface area (Å²) in [5.41, 5.74) is 4.82. The van der Waals surface area contributed by atoms with E-state index in [1.807, 2.05) is 0 Å². The number of hydrogen-bond donors (Lipinski definition) is 1. The molecule has 0 bridgehead atoms. The molecule has 2 aliphatic heterocycles. The molecule has 0 spiro atoms. The Morgan fingerprint density at radius 2 is 1.65 bits per heavy atom. The van der Waals surface area contributed by atoms with Gasteiger partial charge in [0.25, 0.3) is 0 Å². The van der Waals surface area contributed by atoms with Crippen molar-refractivity contribution in [2.75, 3.05) is 31.6 Å². The Hall–Kier alpha value is -0.330. The van der Waals surface area contributed by atoms with Crippen LogP contribution in [-0.2, 0) is 0 Å². The Morgan fingerprint density at radius 1 is 0.950 bits per heavy atom. The highest BCUT2D eigenvalue weighted by molar-refractivity contribution is 14.1. The van der Waals surface area contributed by atoms with Crippen molar-refractivity contribution in [1.82, 2.24) is 9.91 Å². The number of hydrogen-bond acceptors (Lipinski definition) is 3. The second kappa shape index (κ2) is 7.09. The predicted molar refractivity (Wildman–Crippen MR) is 92.8 cm³/mol. The van der Waals surface area contributed by atoms with Crippen LogP contribution in [0, 0.1) is 3.57 Å². The molecule has 110 valence electrons. The Bertz CT molecular complexity index is 423. The van der Waals surface area contributed by atoms with Crippen molar-refractivity contribution in [3.05, 3.63) is 27.8 Å². The quantitative estimate of drug-likeness (QED) is 0.803. The van der Waals surface area contributed by atoms with Gasteiger partial charge in [0, 0.05) is 22.7 Å². The summed E-state index contributed by atoms with van der Waals surface area (Å²) < 4.78 is 1.29. The van der Waals surface area contributed by atoms with Gasteiger partial charge in [-0.1, -0.05) is 18.6 Å². The lowest BCUT2D eigenvalue weighted by molar-refractivity contribution is 0.102. The maximum atomic E-state index is 3.58. The Morgan fingerprint density at radius 3 is 2.35 bits per heavy atom. The highest BCUT2D eigenvalue weighted by atomic mass is 127. The molecule has 0 unspecified atom stereocenters. The molecule has 0 aliphatic carbocycles. The molecule has 3 nitrogen and oxygen atoms in total. The van der Waals surface area contributed by atoms with Crippen molar-refractivity contribution in [2.45, 2.75) is 38.1 Å². The highest BCUT2D eigenvalue weighted by Crippen LogP contribution is 2.23. The number of para-hydroxylation sites is 1. The lowest BCUT2D eigenvalue weighted by atomic mass is 10.0. The third-order valence-electron chi connectivity index (χ3n) is 4.52. The van der Waals surface area contributed by atoms with Crippen LogP contribution in [0.25, 0.3) is 0 Å². The molecule has 20 heavy (non-hydrogen) atoms. The second-order valence-electron chi connectivity index (χ2n) is 5.91. The second-order valence-corrected chi connectivity index (χ2v) is 7.07.